The predicted octanol–water partition coefficient (Wildman–Crippen LogP) is 2.56. The Morgan fingerprint density at radius 2 is 1.90 bits per heavy atom. The molecule has 1 aliphatic carbocycles. The maximum absolute atomic E-state index is 12.4. The lowest BCUT2D eigenvalue weighted by Gasteiger charge is -2.19. The van der Waals surface area contributed by atoms with Gasteiger partial charge in [-0.1, -0.05) is 6.42 Å². The van der Waals surface area contributed by atoms with Crippen molar-refractivity contribution in [1.82, 2.24) is 5.32 Å². The summed E-state index contributed by atoms with van der Waals surface area (Å²) in [5.74, 6) is -0.0857. The lowest BCUT2D eigenvalue weighted by molar-refractivity contribution is -0.137. The van der Waals surface area contributed by atoms with Crippen molar-refractivity contribution in [3.63, 3.8) is 0 Å². The van der Waals surface area contributed by atoms with Crippen molar-refractivity contribution in [2.24, 2.45) is 11.7 Å². The number of nitrogens with one attached hydrogen (secondary N) is 1. The van der Waals surface area contributed by atoms with Crippen LogP contribution in [0.3, 0.4) is 0 Å². The van der Waals surface area contributed by atoms with Gasteiger partial charge in [0.1, 0.15) is 0 Å². The van der Waals surface area contributed by atoms with Gasteiger partial charge in [0.15, 0.2) is 0 Å². The summed E-state index contributed by atoms with van der Waals surface area (Å²) in [6.45, 7) is 0.512. The summed E-state index contributed by atoms with van der Waals surface area (Å²) in [7, 11) is 0. The van der Waals surface area contributed by atoms with E-state index in [0.29, 0.717) is 6.54 Å². The summed E-state index contributed by atoms with van der Waals surface area (Å²) < 4.78 is 37.3. The zero-order chi connectivity index (χ0) is 14.8. The van der Waals surface area contributed by atoms with Crippen LogP contribution in [0.1, 0.15) is 35.2 Å². The summed E-state index contributed by atoms with van der Waals surface area (Å²) >= 11 is 0. The molecule has 110 valence electrons. The van der Waals surface area contributed by atoms with Crippen molar-refractivity contribution in [2.75, 3.05) is 6.54 Å². The standard InChI is InChI=1S/C14H17F3N2O/c15-14(16,17)11-6-4-9(5-7-11)13(20)19-12-3-1-2-10(12)8-18/h4-7,10,12H,1-3,8,18H2,(H,19,20). The Morgan fingerprint density at radius 1 is 1.25 bits per heavy atom. The number of alkyl halides is 3. The molecule has 2 atom stereocenters. The van der Waals surface area contributed by atoms with Gasteiger partial charge in [-0.25, -0.2) is 0 Å². The van der Waals surface area contributed by atoms with Gasteiger partial charge in [-0.15, -0.1) is 0 Å². The smallest absolute Gasteiger partial charge is 0.349 e. The molecule has 1 saturated carbocycles. The second kappa shape index (κ2) is 5.83. The van der Waals surface area contributed by atoms with Gasteiger partial charge in [-0.05, 0) is 49.6 Å². The van der Waals surface area contributed by atoms with Gasteiger partial charge in [0.2, 0.25) is 0 Å². The molecule has 0 radical (unpaired) electrons. The molecular formula is C14H17F3N2O. The third-order valence-corrected chi connectivity index (χ3v) is 3.75. The number of carbonyl (C=O) groups is 1. The lowest BCUT2D eigenvalue weighted by atomic mass is 10.0. The van der Waals surface area contributed by atoms with Crippen molar-refractivity contribution in [3.8, 4) is 0 Å². The molecule has 20 heavy (non-hydrogen) atoms. The average molecular weight is 286 g/mol. The van der Waals surface area contributed by atoms with E-state index in [1.807, 2.05) is 0 Å². The fourth-order valence-corrected chi connectivity index (χ4v) is 2.57. The van der Waals surface area contributed by atoms with Gasteiger partial charge in [0, 0.05) is 11.6 Å². The molecule has 0 aliphatic heterocycles. The highest BCUT2D eigenvalue weighted by Gasteiger charge is 2.31. The molecule has 0 heterocycles. The van der Waals surface area contributed by atoms with Gasteiger partial charge in [-0.2, -0.15) is 13.2 Å². The maximum Gasteiger partial charge on any atom is 0.416 e. The third kappa shape index (κ3) is 3.30. The van der Waals surface area contributed by atoms with Crippen molar-refractivity contribution in [1.29, 1.82) is 0 Å². The zero-order valence-corrected chi connectivity index (χ0v) is 10.9. The second-order valence-electron chi connectivity index (χ2n) is 5.08. The zero-order valence-electron chi connectivity index (χ0n) is 10.9. The number of nitrogens with two attached hydrogens (primary N) is 1. The molecule has 1 aromatic rings. The van der Waals surface area contributed by atoms with Crippen LogP contribution in [0, 0.1) is 5.92 Å². The molecule has 3 N–H and O–H groups in total. The quantitative estimate of drug-likeness (QED) is 0.897. The average Bonchev–Trinajstić information content (AvgIpc) is 2.85. The number of rotatable bonds is 3. The largest absolute Gasteiger partial charge is 0.416 e. The van der Waals surface area contributed by atoms with Crippen molar-refractivity contribution < 1.29 is 18.0 Å². The first-order valence-corrected chi connectivity index (χ1v) is 6.60. The summed E-state index contributed by atoms with van der Waals surface area (Å²) in [5.41, 5.74) is 5.11. The first-order chi connectivity index (χ1) is 9.41. The van der Waals surface area contributed by atoms with Crippen LogP contribution in [-0.2, 0) is 6.18 Å². The van der Waals surface area contributed by atoms with E-state index in [4.69, 9.17) is 5.73 Å². The summed E-state index contributed by atoms with van der Waals surface area (Å²) in [6.07, 6.45) is -1.52. The Labute approximate surface area is 115 Å². The van der Waals surface area contributed by atoms with E-state index in [0.717, 1.165) is 31.4 Å². The Hall–Kier alpha value is -1.56. The summed E-state index contributed by atoms with van der Waals surface area (Å²) in [6, 6.07) is 4.26. The van der Waals surface area contributed by atoms with E-state index in [2.05, 4.69) is 5.32 Å². The molecule has 1 aromatic carbocycles. The Kier molecular flexibility index (Phi) is 4.32. The van der Waals surface area contributed by atoms with Crippen molar-refractivity contribution in [3.05, 3.63) is 35.4 Å². The minimum Gasteiger partial charge on any atom is -0.349 e. The summed E-state index contributed by atoms with van der Waals surface area (Å²) in [5, 5.41) is 2.85. The third-order valence-electron chi connectivity index (χ3n) is 3.75. The number of amides is 1. The predicted molar refractivity (Wildman–Crippen MR) is 69.1 cm³/mol. The lowest BCUT2D eigenvalue weighted by Crippen LogP contribution is -2.39. The van der Waals surface area contributed by atoms with E-state index in [9.17, 15) is 18.0 Å². The second-order valence-corrected chi connectivity index (χ2v) is 5.08. The number of halogens is 3. The minimum absolute atomic E-state index is 0.0230. The molecule has 2 rings (SSSR count). The molecule has 1 fully saturated rings. The molecule has 6 heteroatoms. The fourth-order valence-electron chi connectivity index (χ4n) is 2.57. The molecule has 1 aliphatic rings. The van der Waals surface area contributed by atoms with Crippen LogP contribution < -0.4 is 11.1 Å². The van der Waals surface area contributed by atoms with E-state index >= 15 is 0 Å². The minimum atomic E-state index is -4.38. The molecule has 0 spiro atoms. The number of hydrogen-bond acceptors (Lipinski definition) is 2. The molecule has 0 aromatic heterocycles. The molecule has 3 nitrogen and oxygen atoms in total. The number of hydrogen-bond donors (Lipinski definition) is 2. The highest BCUT2D eigenvalue weighted by molar-refractivity contribution is 5.94. The van der Waals surface area contributed by atoms with E-state index in [1.165, 1.54) is 12.1 Å². The van der Waals surface area contributed by atoms with Crippen LogP contribution in [0.25, 0.3) is 0 Å². The molecule has 0 bridgehead atoms. The Bertz CT molecular complexity index is 470. The van der Waals surface area contributed by atoms with Crippen LogP contribution in [0.5, 0.6) is 0 Å². The van der Waals surface area contributed by atoms with Crippen LogP contribution in [0.4, 0.5) is 13.2 Å². The molecule has 1 amide bonds. The Balaban J connectivity index is 2.02. The van der Waals surface area contributed by atoms with Gasteiger partial charge < -0.3 is 11.1 Å². The van der Waals surface area contributed by atoms with Crippen LogP contribution >= 0.6 is 0 Å². The molecule has 0 saturated heterocycles. The van der Waals surface area contributed by atoms with Crippen molar-refractivity contribution >= 4 is 5.91 Å². The Morgan fingerprint density at radius 3 is 2.45 bits per heavy atom. The van der Waals surface area contributed by atoms with Gasteiger partial charge in [0.05, 0.1) is 5.56 Å². The van der Waals surface area contributed by atoms with Gasteiger partial charge >= 0.3 is 6.18 Å². The van der Waals surface area contributed by atoms with Crippen LogP contribution in [0.2, 0.25) is 0 Å². The highest BCUT2D eigenvalue weighted by Crippen LogP contribution is 2.29. The van der Waals surface area contributed by atoms with E-state index < -0.39 is 11.7 Å². The first kappa shape index (κ1) is 14.8. The van der Waals surface area contributed by atoms with E-state index in [1.54, 1.807) is 0 Å². The van der Waals surface area contributed by atoms with Crippen molar-refractivity contribution in [2.45, 2.75) is 31.5 Å². The monoisotopic (exact) mass is 286 g/mol. The molecule has 2 unspecified atom stereocenters. The van der Waals surface area contributed by atoms with Crippen LogP contribution in [-0.4, -0.2) is 18.5 Å². The number of benzene rings is 1. The number of carbonyl (C=O) groups excluding carboxylic acids is 1. The topological polar surface area (TPSA) is 55.1 Å². The maximum atomic E-state index is 12.4. The summed E-state index contributed by atoms with van der Waals surface area (Å²) in [4.78, 5) is 12.0. The van der Waals surface area contributed by atoms with Gasteiger partial charge in [-0.3, -0.25) is 4.79 Å². The van der Waals surface area contributed by atoms with E-state index in [-0.39, 0.29) is 23.4 Å². The fraction of sp³-hybridized carbons (Fsp3) is 0.500. The van der Waals surface area contributed by atoms with Crippen LogP contribution in [0.15, 0.2) is 24.3 Å². The highest BCUT2D eigenvalue weighted by atomic mass is 19.4. The van der Waals surface area contributed by atoms with Gasteiger partial charge in [0.25, 0.3) is 5.91 Å². The molecular weight excluding hydrogens is 269 g/mol. The SMILES string of the molecule is NCC1CCCC1NC(=O)c1ccc(C(F)(F)F)cc1. The first-order valence-electron chi connectivity index (χ1n) is 6.60. The normalized spacial score (nSPS) is 22.8.